The summed E-state index contributed by atoms with van der Waals surface area (Å²) in [5.74, 6) is 0.0997. The van der Waals surface area contributed by atoms with Crippen LogP contribution in [0, 0.1) is 19.7 Å². The Hall–Kier alpha value is -3.16. The Morgan fingerprint density at radius 1 is 1.15 bits per heavy atom. The lowest BCUT2D eigenvalue weighted by molar-refractivity contribution is 0.0949. The summed E-state index contributed by atoms with van der Waals surface area (Å²) < 4.78 is 14.5. The first kappa shape index (κ1) is 17.7. The second-order valence-corrected chi connectivity index (χ2v) is 6.00. The molecule has 1 N–H and O–H groups in total. The van der Waals surface area contributed by atoms with Crippen LogP contribution in [-0.4, -0.2) is 37.4 Å². The van der Waals surface area contributed by atoms with Crippen molar-refractivity contribution >= 4 is 5.91 Å². The SMILES string of the molecule is Cc1cc(C)nc(CCNC(=O)c2cn(Cc3ccc(F)cc3)nn2)n1. The van der Waals surface area contributed by atoms with Crippen LogP contribution < -0.4 is 5.32 Å². The number of amides is 1. The van der Waals surface area contributed by atoms with Crippen molar-refractivity contribution in [3.8, 4) is 0 Å². The first-order chi connectivity index (χ1) is 12.5. The Bertz CT molecular complexity index is 886. The van der Waals surface area contributed by atoms with E-state index in [2.05, 4.69) is 25.6 Å². The molecule has 2 heterocycles. The monoisotopic (exact) mass is 354 g/mol. The molecule has 26 heavy (non-hydrogen) atoms. The molecule has 0 spiro atoms. The molecule has 0 saturated carbocycles. The van der Waals surface area contributed by atoms with E-state index in [-0.39, 0.29) is 17.4 Å². The van der Waals surface area contributed by atoms with E-state index in [4.69, 9.17) is 0 Å². The first-order valence-electron chi connectivity index (χ1n) is 8.23. The van der Waals surface area contributed by atoms with Gasteiger partial charge in [0.2, 0.25) is 0 Å². The number of carbonyl (C=O) groups is 1. The van der Waals surface area contributed by atoms with Crippen molar-refractivity contribution in [1.29, 1.82) is 0 Å². The molecule has 1 amide bonds. The summed E-state index contributed by atoms with van der Waals surface area (Å²) in [5, 5.41) is 10.6. The molecule has 0 atom stereocenters. The smallest absolute Gasteiger partial charge is 0.273 e. The average molecular weight is 354 g/mol. The summed E-state index contributed by atoms with van der Waals surface area (Å²) in [7, 11) is 0. The zero-order valence-corrected chi connectivity index (χ0v) is 14.6. The second-order valence-electron chi connectivity index (χ2n) is 6.00. The number of benzene rings is 1. The van der Waals surface area contributed by atoms with Gasteiger partial charge in [0.1, 0.15) is 11.6 Å². The molecule has 0 aliphatic carbocycles. The lowest BCUT2D eigenvalue weighted by Crippen LogP contribution is -2.26. The van der Waals surface area contributed by atoms with Crippen LogP contribution in [0.4, 0.5) is 4.39 Å². The van der Waals surface area contributed by atoms with Crippen molar-refractivity contribution in [1.82, 2.24) is 30.3 Å². The summed E-state index contributed by atoms with van der Waals surface area (Å²) in [6.07, 6.45) is 2.10. The van der Waals surface area contributed by atoms with Crippen LogP contribution >= 0.6 is 0 Å². The molecular weight excluding hydrogens is 335 g/mol. The highest BCUT2D eigenvalue weighted by Gasteiger charge is 2.11. The highest BCUT2D eigenvalue weighted by Crippen LogP contribution is 2.05. The van der Waals surface area contributed by atoms with Crippen LogP contribution in [0.1, 0.15) is 33.3 Å². The van der Waals surface area contributed by atoms with Gasteiger partial charge in [-0.25, -0.2) is 19.0 Å². The van der Waals surface area contributed by atoms with Gasteiger partial charge in [0.25, 0.3) is 5.91 Å². The molecule has 3 rings (SSSR count). The fraction of sp³-hybridized carbons (Fsp3) is 0.278. The molecule has 8 heteroatoms. The maximum absolute atomic E-state index is 12.9. The molecule has 0 aliphatic heterocycles. The third-order valence-corrected chi connectivity index (χ3v) is 3.69. The minimum Gasteiger partial charge on any atom is -0.350 e. The summed E-state index contributed by atoms with van der Waals surface area (Å²) >= 11 is 0. The van der Waals surface area contributed by atoms with Gasteiger partial charge in [0.15, 0.2) is 5.69 Å². The van der Waals surface area contributed by atoms with Crippen molar-refractivity contribution in [3.63, 3.8) is 0 Å². The van der Waals surface area contributed by atoms with E-state index in [1.165, 1.54) is 16.8 Å². The van der Waals surface area contributed by atoms with Gasteiger partial charge < -0.3 is 5.32 Å². The summed E-state index contributed by atoms with van der Waals surface area (Å²) in [6, 6.07) is 8.01. The van der Waals surface area contributed by atoms with Crippen molar-refractivity contribution in [2.24, 2.45) is 0 Å². The van der Waals surface area contributed by atoms with E-state index in [1.54, 1.807) is 18.3 Å². The average Bonchev–Trinajstić information content (AvgIpc) is 3.05. The molecular formula is C18H19FN6O. The predicted molar refractivity (Wildman–Crippen MR) is 93.1 cm³/mol. The quantitative estimate of drug-likeness (QED) is 0.730. The number of hydrogen-bond acceptors (Lipinski definition) is 5. The van der Waals surface area contributed by atoms with Gasteiger partial charge >= 0.3 is 0 Å². The van der Waals surface area contributed by atoms with Gasteiger partial charge in [-0.2, -0.15) is 0 Å². The van der Waals surface area contributed by atoms with E-state index in [1.807, 2.05) is 19.9 Å². The molecule has 3 aromatic rings. The van der Waals surface area contributed by atoms with E-state index in [9.17, 15) is 9.18 Å². The lowest BCUT2D eigenvalue weighted by Gasteiger charge is -2.04. The number of rotatable bonds is 6. The summed E-state index contributed by atoms with van der Waals surface area (Å²) in [5.41, 5.74) is 2.91. The Balaban J connectivity index is 1.53. The van der Waals surface area contributed by atoms with E-state index in [0.717, 1.165) is 17.0 Å². The van der Waals surface area contributed by atoms with Crippen molar-refractivity contribution in [3.05, 3.63) is 70.8 Å². The van der Waals surface area contributed by atoms with Crippen LogP contribution in [-0.2, 0) is 13.0 Å². The summed E-state index contributed by atoms with van der Waals surface area (Å²) in [4.78, 5) is 20.8. The van der Waals surface area contributed by atoms with Crippen LogP contribution in [0.3, 0.4) is 0 Å². The zero-order chi connectivity index (χ0) is 18.5. The highest BCUT2D eigenvalue weighted by atomic mass is 19.1. The Morgan fingerprint density at radius 2 is 1.85 bits per heavy atom. The second kappa shape index (κ2) is 7.81. The van der Waals surface area contributed by atoms with Gasteiger partial charge in [-0.15, -0.1) is 5.10 Å². The normalized spacial score (nSPS) is 10.7. The third-order valence-electron chi connectivity index (χ3n) is 3.69. The van der Waals surface area contributed by atoms with Gasteiger partial charge in [-0.1, -0.05) is 17.3 Å². The molecule has 7 nitrogen and oxygen atoms in total. The van der Waals surface area contributed by atoms with Gasteiger partial charge in [0, 0.05) is 24.4 Å². The molecule has 0 unspecified atom stereocenters. The molecule has 0 radical (unpaired) electrons. The van der Waals surface area contributed by atoms with Crippen LogP contribution in [0.5, 0.6) is 0 Å². The minimum atomic E-state index is -0.306. The lowest BCUT2D eigenvalue weighted by atomic mass is 10.2. The topological polar surface area (TPSA) is 85.6 Å². The van der Waals surface area contributed by atoms with Crippen LogP contribution in [0.15, 0.2) is 36.5 Å². The fourth-order valence-electron chi connectivity index (χ4n) is 2.55. The minimum absolute atomic E-state index is 0.230. The number of halogens is 1. The maximum Gasteiger partial charge on any atom is 0.273 e. The van der Waals surface area contributed by atoms with Crippen molar-refractivity contribution in [2.75, 3.05) is 6.54 Å². The number of aromatic nitrogens is 5. The third kappa shape index (κ3) is 4.69. The number of nitrogens with zero attached hydrogens (tertiary/aromatic N) is 5. The molecule has 2 aromatic heterocycles. The van der Waals surface area contributed by atoms with E-state index < -0.39 is 0 Å². The molecule has 1 aromatic carbocycles. The number of hydrogen-bond donors (Lipinski definition) is 1. The number of aryl methyl sites for hydroxylation is 2. The molecule has 0 aliphatic rings. The Kier molecular flexibility index (Phi) is 5.31. The van der Waals surface area contributed by atoms with E-state index >= 15 is 0 Å². The fourth-order valence-corrected chi connectivity index (χ4v) is 2.55. The summed E-state index contributed by atoms with van der Waals surface area (Å²) in [6.45, 7) is 4.65. The van der Waals surface area contributed by atoms with Gasteiger partial charge in [-0.3, -0.25) is 4.79 Å². The molecule has 0 fully saturated rings. The standard InChI is InChI=1S/C18H19FN6O/c1-12-9-13(2)22-17(21-12)7-8-20-18(26)16-11-25(24-23-16)10-14-3-5-15(19)6-4-14/h3-6,9,11H,7-8,10H2,1-2H3,(H,20,26). The zero-order valence-electron chi connectivity index (χ0n) is 14.6. The van der Waals surface area contributed by atoms with Crippen LogP contribution in [0.25, 0.3) is 0 Å². The first-order valence-corrected chi connectivity index (χ1v) is 8.23. The molecule has 0 bridgehead atoms. The Labute approximate surface area is 150 Å². The highest BCUT2D eigenvalue weighted by molar-refractivity contribution is 5.91. The van der Waals surface area contributed by atoms with E-state index in [0.29, 0.717) is 25.3 Å². The maximum atomic E-state index is 12.9. The molecule has 0 saturated heterocycles. The number of nitrogens with one attached hydrogen (secondary N) is 1. The van der Waals surface area contributed by atoms with Gasteiger partial charge in [0.05, 0.1) is 12.7 Å². The van der Waals surface area contributed by atoms with Crippen molar-refractivity contribution < 1.29 is 9.18 Å². The Morgan fingerprint density at radius 3 is 2.54 bits per heavy atom. The largest absolute Gasteiger partial charge is 0.350 e. The van der Waals surface area contributed by atoms with Gasteiger partial charge in [-0.05, 0) is 37.6 Å². The predicted octanol–water partition coefficient (Wildman–Crippen LogP) is 1.84. The molecule has 134 valence electrons. The van der Waals surface area contributed by atoms with Crippen LogP contribution in [0.2, 0.25) is 0 Å². The number of carbonyl (C=O) groups excluding carboxylic acids is 1. The van der Waals surface area contributed by atoms with Crippen molar-refractivity contribution in [2.45, 2.75) is 26.8 Å².